The summed E-state index contributed by atoms with van der Waals surface area (Å²) < 4.78 is 92.1. The fourth-order valence-electron chi connectivity index (χ4n) is 3.71. The fourth-order valence-corrected chi connectivity index (χ4v) is 3.71. The number of alkyl halides is 6. The van der Waals surface area contributed by atoms with Gasteiger partial charge >= 0.3 is 12.5 Å². The molecule has 0 saturated carbocycles. The number of benzene rings is 3. The lowest BCUT2D eigenvalue weighted by molar-refractivity contribution is -0.274. The van der Waals surface area contributed by atoms with Crippen LogP contribution in [0.3, 0.4) is 0 Å². The molecular formula is C28H19F6N3O5. The first-order chi connectivity index (χ1) is 19.7. The van der Waals surface area contributed by atoms with Gasteiger partial charge in [-0.1, -0.05) is 18.2 Å². The van der Waals surface area contributed by atoms with Crippen molar-refractivity contribution in [1.29, 1.82) is 0 Å². The second kappa shape index (κ2) is 11.7. The third-order valence-corrected chi connectivity index (χ3v) is 5.63. The first kappa shape index (κ1) is 29.7. The number of anilines is 1. The highest BCUT2D eigenvalue weighted by Crippen LogP contribution is 2.39. The second-order valence-corrected chi connectivity index (χ2v) is 8.50. The number of ether oxygens (including phenoxy) is 3. The summed E-state index contributed by atoms with van der Waals surface area (Å²) in [4.78, 5) is 28.5. The summed E-state index contributed by atoms with van der Waals surface area (Å²) in [5.41, 5.74) is 5.03. The molecule has 0 fully saturated rings. The van der Waals surface area contributed by atoms with Crippen molar-refractivity contribution in [3.8, 4) is 34.1 Å². The molecule has 1 aromatic heterocycles. The van der Waals surface area contributed by atoms with E-state index in [0.29, 0.717) is 11.1 Å². The maximum Gasteiger partial charge on any atom is 0.573 e. The summed E-state index contributed by atoms with van der Waals surface area (Å²) in [5, 5.41) is 2.56. The van der Waals surface area contributed by atoms with E-state index in [1.54, 1.807) is 0 Å². The van der Waals surface area contributed by atoms with Crippen LogP contribution in [0.2, 0.25) is 0 Å². The molecule has 8 nitrogen and oxygen atoms in total. The van der Waals surface area contributed by atoms with Gasteiger partial charge in [0.2, 0.25) is 0 Å². The zero-order valence-corrected chi connectivity index (χ0v) is 21.3. The summed E-state index contributed by atoms with van der Waals surface area (Å²) in [7, 11) is 1.17. The molecule has 42 heavy (non-hydrogen) atoms. The molecule has 0 bridgehead atoms. The average Bonchev–Trinajstić information content (AvgIpc) is 2.92. The zero-order valence-electron chi connectivity index (χ0n) is 21.3. The molecule has 1 heterocycles. The van der Waals surface area contributed by atoms with Crippen molar-refractivity contribution < 1.29 is 50.1 Å². The molecule has 3 N–H and O–H groups in total. The van der Waals surface area contributed by atoms with Crippen LogP contribution in [0, 0.1) is 0 Å². The summed E-state index contributed by atoms with van der Waals surface area (Å²) in [6.07, 6.45) is -8.26. The lowest BCUT2D eigenvalue weighted by Gasteiger charge is -2.17. The van der Waals surface area contributed by atoms with E-state index in [4.69, 9.17) is 15.2 Å². The smallest absolute Gasteiger partial charge is 0.493 e. The SMILES string of the molecule is COc1cc(OC(F)(F)F)ccc1Oc1cc(-c2ccc(C(F)(F)F)cc2)ccc1C(=O)Nc1ccnc(C(N)=O)c1. The van der Waals surface area contributed by atoms with Crippen molar-refractivity contribution in [2.75, 3.05) is 12.4 Å². The van der Waals surface area contributed by atoms with Gasteiger partial charge in [0.25, 0.3) is 11.8 Å². The van der Waals surface area contributed by atoms with Crippen molar-refractivity contribution in [3.63, 3.8) is 0 Å². The summed E-state index contributed by atoms with van der Waals surface area (Å²) in [5.74, 6) is -2.57. The highest BCUT2D eigenvalue weighted by atomic mass is 19.4. The molecule has 0 atom stereocenters. The number of aromatic nitrogens is 1. The van der Waals surface area contributed by atoms with Gasteiger partial charge in [0, 0.05) is 18.0 Å². The molecule has 0 aliphatic carbocycles. The van der Waals surface area contributed by atoms with Gasteiger partial charge < -0.3 is 25.3 Å². The number of methoxy groups -OCH3 is 1. The van der Waals surface area contributed by atoms with Gasteiger partial charge in [-0.05, 0) is 59.7 Å². The molecule has 14 heteroatoms. The Labute approximate surface area is 233 Å². The molecule has 4 rings (SSSR count). The zero-order chi connectivity index (χ0) is 30.7. The first-order valence-electron chi connectivity index (χ1n) is 11.7. The maximum absolute atomic E-state index is 13.2. The van der Waals surface area contributed by atoms with Crippen LogP contribution in [0.25, 0.3) is 11.1 Å². The number of nitrogens with two attached hydrogens (primary N) is 1. The lowest BCUT2D eigenvalue weighted by atomic mass is 10.0. The third-order valence-electron chi connectivity index (χ3n) is 5.63. The molecule has 0 radical (unpaired) electrons. The van der Waals surface area contributed by atoms with Crippen molar-refractivity contribution in [3.05, 3.63) is 95.8 Å². The number of hydrogen-bond donors (Lipinski definition) is 2. The Balaban J connectivity index is 1.74. The van der Waals surface area contributed by atoms with Gasteiger partial charge in [0.05, 0.1) is 18.2 Å². The number of carbonyl (C=O) groups excluding carboxylic acids is 2. The summed E-state index contributed by atoms with van der Waals surface area (Å²) in [6, 6.07) is 14.0. The van der Waals surface area contributed by atoms with Crippen molar-refractivity contribution >= 4 is 17.5 Å². The molecule has 0 aliphatic rings. The minimum atomic E-state index is -4.96. The van der Waals surface area contributed by atoms with E-state index in [2.05, 4.69) is 15.0 Å². The number of hydrogen-bond acceptors (Lipinski definition) is 6. The molecule has 2 amide bonds. The van der Waals surface area contributed by atoms with Gasteiger partial charge in [0.15, 0.2) is 11.5 Å². The molecule has 0 saturated heterocycles. The Morgan fingerprint density at radius 2 is 1.50 bits per heavy atom. The molecular weight excluding hydrogens is 572 g/mol. The Morgan fingerprint density at radius 3 is 2.12 bits per heavy atom. The molecule has 0 unspecified atom stereocenters. The highest BCUT2D eigenvalue weighted by Gasteiger charge is 2.32. The normalized spacial score (nSPS) is 11.5. The van der Waals surface area contributed by atoms with E-state index >= 15 is 0 Å². The van der Waals surface area contributed by atoms with Crippen LogP contribution in [0.4, 0.5) is 32.0 Å². The van der Waals surface area contributed by atoms with E-state index in [0.717, 1.165) is 30.3 Å². The average molecular weight is 591 g/mol. The van der Waals surface area contributed by atoms with Crippen LogP contribution in [0.15, 0.2) is 79.0 Å². The number of halogens is 6. The lowest BCUT2D eigenvalue weighted by Crippen LogP contribution is -2.17. The predicted molar refractivity (Wildman–Crippen MR) is 137 cm³/mol. The van der Waals surface area contributed by atoms with Gasteiger partial charge in [-0.2, -0.15) is 13.2 Å². The van der Waals surface area contributed by atoms with E-state index in [1.165, 1.54) is 55.8 Å². The van der Waals surface area contributed by atoms with Crippen molar-refractivity contribution in [2.24, 2.45) is 5.73 Å². The standard InChI is InChI=1S/C28H19F6N3O5/c1-40-24-14-19(42-28(32,33)34)7-9-22(24)41-23-12-16(15-2-5-17(6-3-15)27(29,30)31)4-8-20(23)26(39)37-18-10-11-36-21(13-18)25(35)38/h2-14H,1H3,(H2,35,38)(H,36,37,39). The Bertz CT molecular complexity index is 1620. The predicted octanol–water partition coefficient (Wildman–Crippen LogP) is 6.82. The monoisotopic (exact) mass is 591 g/mol. The largest absolute Gasteiger partial charge is 0.573 e. The molecule has 3 aromatic carbocycles. The molecule has 4 aromatic rings. The molecule has 218 valence electrons. The van der Waals surface area contributed by atoms with Crippen LogP contribution in [-0.2, 0) is 6.18 Å². The topological polar surface area (TPSA) is 113 Å². The van der Waals surface area contributed by atoms with Crippen LogP contribution in [-0.4, -0.2) is 30.3 Å². The maximum atomic E-state index is 13.2. The van der Waals surface area contributed by atoms with Gasteiger partial charge in [-0.3, -0.25) is 14.6 Å². The number of nitrogens with zero attached hydrogens (tertiary/aromatic N) is 1. The van der Waals surface area contributed by atoms with Crippen LogP contribution in [0.1, 0.15) is 26.4 Å². The van der Waals surface area contributed by atoms with Gasteiger partial charge in [-0.15, -0.1) is 13.2 Å². The second-order valence-electron chi connectivity index (χ2n) is 8.50. The summed E-state index contributed by atoms with van der Waals surface area (Å²) in [6.45, 7) is 0. The van der Waals surface area contributed by atoms with Gasteiger partial charge in [0.1, 0.15) is 17.2 Å². The van der Waals surface area contributed by atoms with E-state index in [-0.39, 0.29) is 34.2 Å². The number of primary amides is 1. The Morgan fingerprint density at radius 1 is 0.810 bits per heavy atom. The third kappa shape index (κ3) is 7.27. The molecule has 0 spiro atoms. The van der Waals surface area contributed by atoms with Crippen LogP contribution < -0.4 is 25.3 Å². The van der Waals surface area contributed by atoms with Crippen molar-refractivity contribution in [1.82, 2.24) is 4.98 Å². The number of carbonyl (C=O) groups is 2. The Hall–Kier alpha value is -5.27. The highest BCUT2D eigenvalue weighted by molar-refractivity contribution is 6.07. The number of amides is 2. The van der Waals surface area contributed by atoms with Gasteiger partial charge in [-0.25, -0.2) is 0 Å². The molecule has 0 aliphatic heterocycles. The minimum Gasteiger partial charge on any atom is -0.493 e. The van der Waals surface area contributed by atoms with Crippen molar-refractivity contribution in [2.45, 2.75) is 12.5 Å². The van der Waals surface area contributed by atoms with E-state index < -0.39 is 35.7 Å². The Kier molecular flexibility index (Phi) is 8.26. The number of pyridine rings is 1. The van der Waals surface area contributed by atoms with E-state index in [1.807, 2.05) is 0 Å². The first-order valence-corrected chi connectivity index (χ1v) is 11.7. The van der Waals surface area contributed by atoms with Crippen LogP contribution >= 0.6 is 0 Å². The summed E-state index contributed by atoms with van der Waals surface area (Å²) >= 11 is 0. The van der Waals surface area contributed by atoms with Crippen LogP contribution in [0.5, 0.6) is 23.0 Å². The number of rotatable bonds is 8. The quantitative estimate of drug-likeness (QED) is 0.218. The minimum absolute atomic E-state index is 0.0826. The number of nitrogens with one attached hydrogen (secondary N) is 1. The fraction of sp³-hybridized carbons (Fsp3) is 0.107. The van der Waals surface area contributed by atoms with E-state index in [9.17, 15) is 35.9 Å².